The van der Waals surface area contributed by atoms with Gasteiger partial charge in [-0.05, 0) is 33.4 Å². The lowest BCUT2D eigenvalue weighted by Gasteiger charge is -2.25. The number of hydrogen-bond acceptors (Lipinski definition) is 6. The maximum Gasteiger partial charge on any atom is 0.248 e. The van der Waals surface area contributed by atoms with Crippen molar-refractivity contribution in [3.05, 3.63) is 64.6 Å². The normalized spacial score (nSPS) is 12.7. The van der Waals surface area contributed by atoms with Gasteiger partial charge in [-0.3, -0.25) is 4.90 Å². The van der Waals surface area contributed by atoms with Gasteiger partial charge in [0.2, 0.25) is 5.89 Å². The Bertz CT molecular complexity index is 760. The number of aromatic nitrogens is 3. The summed E-state index contributed by atoms with van der Waals surface area (Å²) in [4.78, 5) is 6.59. The molecule has 0 aliphatic heterocycles. The van der Waals surface area contributed by atoms with Crippen LogP contribution in [0, 0.1) is 20.8 Å². The standard InChI is InChI=1S/C17H20N4O2/c1-11-15(12(2)22-19-11)10-21(4)16(14-8-6-5-7-9-14)17-18-13(3)20-23-17/h5-9,16H,10H2,1-4H3. The Labute approximate surface area is 135 Å². The summed E-state index contributed by atoms with van der Waals surface area (Å²) in [6.45, 7) is 6.39. The number of hydrogen-bond donors (Lipinski definition) is 0. The van der Waals surface area contributed by atoms with Crippen LogP contribution >= 0.6 is 0 Å². The highest BCUT2D eigenvalue weighted by molar-refractivity contribution is 5.26. The molecule has 0 amide bonds. The van der Waals surface area contributed by atoms with Crippen molar-refractivity contribution in [2.45, 2.75) is 33.4 Å². The second kappa shape index (κ2) is 6.34. The highest BCUT2D eigenvalue weighted by Crippen LogP contribution is 2.28. The van der Waals surface area contributed by atoms with Crippen molar-refractivity contribution >= 4 is 0 Å². The second-order valence-corrected chi connectivity index (χ2v) is 5.71. The minimum Gasteiger partial charge on any atom is -0.361 e. The van der Waals surface area contributed by atoms with E-state index in [1.165, 1.54) is 0 Å². The van der Waals surface area contributed by atoms with E-state index in [9.17, 15) is 0 Å². The van der Waals surface area contributed by atoms with Gasteiger partial charge in [-0.2, -0.15) is 4.98 Å². The molecule has 0 radical (unpaired) electrons. The Balaban J connectivity index is 1.95. The van der Waals surface area contributed by atoms with Crippen LogP contribution in [0.4, 0.5) is 0 Å². The first kappa shape index (κ1) is 15.4. The first-order valence-corrected chi connectivity index (χ1v) is 7.53. The molecule has 1 unspecified atom stereocenters. The molecule has 6 heteroatoms. The average Bonchev–Trinajstić information content (AvgIpc) is 3.09. The molecule has 3 rings (SSSR count). The summed E-state index contributed by atoms with van der Waals surface area (Å²) >= 11 is 0. The highest BCUT2D eigenvalue weighted by Gasteiger charge is 2.26. The predicted molar refractivity (Wildman–Crippen MR) is 84.8 cm³/mol. The minimum absolute atomic E-state index is 0.119. The molecule has 0 aliphatic carbocycles. The Morgan fingerprint density at radius 1 is 1.04 bits per heavy atom. The zero-order valence-corrected chi connectivity index (χ0v) is 13.8. The van der Waals surface area contributed by atoms with Gasteiger partial charge >= 0.3 is 0 Å². The van der Waals surface area contributed by atoms with Crippen LogP contribution in [0.5, 0.6) is 0 Å². The van der Waals surface area contributed by atoms with Crippen molar-refractivity contribution < 1.29 is 9.05 Å². The van der Waals surface area contributed by atoms with E-state index in [1.807, 2.05) is 46.0 Å². The summed E-state index contributed by atoms with van der Waals surface area (Å²) in [5.41, 5.74) is 3.10. The minimum atomic E-state index is -0.119. The molecule has 2 aromatic heterocycles. The molecule has 6 nitrogen and oxygen atoms in total. The lowest BCUT2D eigenvalue weighted by molar-refractivity contribution is 0.217. The van der Waals surface area contributed by atoms with Crippen molar-refractivity contribution in [1.82, 2.24) is 20.2 Å². The molecule has 0 spiro atoms. The molecular formula is C17H20N4O2. The van der Waals surface area contributed by atoms with Gasteiger partial charge in [0, 0.05) is 12.1 Å². The van der Waals surface area contributed by atoms with E-state index in [1.54, 1.807) is 0 Å². The fraction of sp³-hybridized carbons (Fsp3) is 0.353. The maximum absolute atomic E-state index is 5.44. The summed E-state index contributed by atoms with van der Waals surface area (Å²) < 4.78 is 10.7. The van der Waals surface area contributed by atoms with Crippen LogP contribution < -0.4 is 0 Å². The molecule has 1 aromatic carbocycles. The molecule has 0 N–H and O–H groups in total. The van der Waals surface area contributed by atoms with Crippen molar-refractivity contribution in [1.29, 1.82) is 0 Å². The van der Waals surface area contributed by atoms with Gasteiger partial charge in [0.25, 0.3) is 0 Å². The molecular weight excluding hydrogens is 292 g/mol. The Kier molecular flexibility index (Phi) is 4.25. The monoisotopic (exact) mass is 312 g/mol. The van der Waals surface area contributed by atoms with E-state index in [0.717, 1.165) is 22.6 Å². The van der Waals surface area contributed by atoms with Crippen molar-refractivity contribution in [2.75, 3.05) is 7.05 Å². The molecule has 23 heavy (non-hydrogen) atoms. The molecule has 0 saturated carbocycles. The van der Waals surface area contributed by atoms with Crippen LogP contribution in [0.1, 0.15) is 40.3 Å². The molecule has 2 heterocycles. The molecule has 0 aliphatic rings. The molecule has 1 atom stereocenters. The maximum atomic E-state index is 5.44. The topological polar surface area (TPSA) is 68.2 Å². The first-order valence-electron chi connectivity index (χ1n) is 7.53. The van der Waals surface area contributed by atoms with E-state index in [2.05, 4.69) is 32.3 Å². The summed E-state index contributed by atoms with van der Waals surface area (Å²) in [6, 6.07) is 10.0. The fourth-order valence-corrected chi connectivity index (χ4v) is 2.71. The molecule has 0 saturated heterocycles. The summed E-state index contributed by atoms with van der Waals surface area (Å²) in [5, 5.41) is 7.96. The lowest BCUT2D eigenvalue weighted by atomic mass is 10.0. The fourth-order valence-electron chi connectivity index (χ4n) is 2.71. The summed E-state index contributed by atoms with van der Waals surface area (Å²) in [6.07, 6.45) is 0. The van der Waals surface area contributed by atoms with Crippen LogP contribution in [0.3, 0.4) is 0 Å². The molecule has 0 bridgehead atoms. The van der Waals surface area contributed by atoms with Gasteiger partial charge in [0.1, 0.15) is 11.8 Å². The van der Waals surface area contributed by atoms with Crippen molar-refractivity contribution in [3.63, 3.8) is 0 Å². The molecule has 0 fully saturated rings. The van der Waals surface area contributed by atoms with Crippen LogP contribution in [-0.2, 0) is 6.54 Å². The van der Waals surface area contributed by atoms with E-state index in [-0.39, 0.29) is 6.04 Å². The third kappa shape index (κ3) is 3.17. The largest absolute Gasteiger partial charge is 0.361 e. The van der Waals surface area contributed by atoms with Gasteiger partial charge in [-0.25, -0.2) is 0 Å². The quantitative estimate of drug-likeness (QED) is 0.720. The zero-order valence-electron chi connectivity index (χ0n) is 13.8. The molecule has 120 valence electrons. The summed E-state index contributed by atoms with van der Waals surface area (Å²) in [7, 11) is 2.03. The van der Waals surface area contributed by atoms with Gasteiger partial charge in [-0.15, -0.1) is 0 Å². The third-order valence-electron chi connectivity index (χ3n) is 3.92. The van der Waals surface area contributed by atoms with Crippen LogP contribution in [-0.4, -0.2) is 27.2 Å². The van der Waals surface area contributed by atoms with Gasteiger partial charge in [-0.1, -0.05) is 40.6 Å². The van der Waals surface area contributed by atoms with Gasteiger partial charge in [0.15, 0.2) is 5.82 Å². The van der Waals surface area contributed by atoms with E-state index < -0.39 is 0 Å². The van der Waals surface area contributed by atoms with Crippen molar-refractivity contribution in [3.8, 4) is 0 Å². The van der Waals surface area contributed by atoms with Crippen LogP contribution in [0.2, 0.25) is 0 Å². The number of benzene rings is 1. The number of nitrogens with zero attached hydrogens (tertiary/aromatic N) is 4. The summed E-state index contributed by atoms with van der Waals surface area (Å²) in [5.74, 6) is 2.05. The van der Waals surface area contributed by atoms with E-state index in [0.29, 0.717) is 18.3 Å². The number of rotatable bonds is 5. The Morgan fingerprint density at radius 2 is 1.78 bits per heavy atom. The third-order valence-corrected chi connectivity index (χ3v) is 3.92. The highest BCUT2D eigenvalue weighted by atomic mass is 16.5. The zero-order chi connectivity index (χ0) is 16.4. The van der Waals surface area contributed by atoms with Gasteiger partial charge in [0.05, 0.1) is 5.69 Å². The van der Waals surface area contributed by atoms with Crippen molar-refractivity contribution in [2.24, 2.45) is 0 Å². The molecule has 3 aromatic rings. The van der Waals surface area contributed by atoms with Crippen LogP contribution in [0.15, 0.2) is 39.4 Å². The van der Waals surface area contributed by atoms with E-state index >= 15 is 0 Å². The smallest absolute Gasteiger partial charge is 0.248 e. The SMILES string of the molecule is Cc1noc(C(c2ccccc2)N(C)Cc2c(C)noc2C)n1. The Morgan fingerprint density at radius 3 is 2.35 bits per heavy atom. The van der Waals surface area contributed by atoms with E-state index in [4.69, 9.17) is 9.05 Å². The Hall–Kier alpha value is -2.47. The second-order valence-electron chi connectivity index (χ2n) is 5.71. The average molecular weight is 312 g/mol. The van der Waals surface area contributed by atoms with Crippen LogP contribution in [0.25, 0.3) is 0 Å². The first-order chi connectivity index (χ1) is 11.1. The predicted octanol–water partition coefficient (Wildman–Crippen LogP) is 3.20. The van der Waals surface area contributed by atoms with Gasteiger partial charge < -0.3 is 9.05 Å². The lowest BCUT2D eigenvalue weighted by Crippen LogP contribution is -2.26. The number of aryl methyl sites for hydroxylation is 3.